The number of carbonyl (C=O) groups excluding carboxylic acids is 2. The number of rotatable bonds is 7. The first-order chi connectivity index (χ1) is 14.7. The second-order valence-corrected chi connectivity index (χ2v) is 9.88. The zero-order chi connectivity index (χ0) is 22.8. The standard InChI is InChI=1S/C23H34BrN3O4.ClH/c1-15(2)27(16-8-6-9-25-14-16)21(28)17-12-19-20(13-18(17)24)31-23(3,4)22(29)26(19)10-7-11-30-5;/h12-13,15-16,25H,6-11,14H2,1-5H3;1H/t16-;/m1./s1. The molecule has 1 atom stereocenters. The molecule has 1 aromatic carbocycles. The number of carbonyl (C=O) groups is 2. The molecule has 0 aromatic heterocycles. The van der Waals surface area contributed by atoms with E-state index in [1.165, 1.54) is 0 Å². The van der Waals surface area contributed by atoms with Crippen molar-refractivity contribution in [3.63, 3.8) is 0 Å². The quantitative estimate of drug-likeness (QED) is 0.537. The highest BCUT2D eigenvalue weighted by molar-refractivity contribution is 9.10. The fourth-order valence-electron chi connectivity index (χ4n) is 4.37. The van der Waals surface area contributed by atoms with Crippen LogP contribution in [0.2, 0.25) is 0 Å². The lowest BCUT2D eigenvalue weighted by molar-refractivity contribution is -0.132. The van der Waals surface area contributed by atoms with Crippen LogP contribution in [-0.4, -0.2) is 67.7 Å². The van der Waals surface area contributed by atoms with Gasteiger partial charge in [-0.3, -0.25) is 9.59 Å². The molecule has 0 spiro atoms. The van der Waals surface area contributed by atoms with Gasteiger partial charge in [-0.15, -0.1) is 12.4 Å². The Kier molecular flexibility index (Phi) is 9.40. The van der Waals surface area contributed by atoms with Gasteiger partial charge in [-0.25, -0.2) is 0 Å². The number of nitrogens with one attached hydrogen (secondary N) is 1. The average molecular weight is 533 g/mol. The van der Waals surface area contributed by atoms with Crippen LogP contribution >= 0.6 is 28.3 Å². The van der Waals surface area contributed by atoms with E-state index in [9.17, 15) is 9.59 Å². The monoisotopic (exact) mass is 531 g/mol. The maximum atomic E-state index is 13.7. The number of methoxy groups -OCH3 is 1. The molecule has 1 N–H and O–H groups in total. The van der Waals surface area contributed by atoms with Gasteiger partial charge in [0.05, 0.1) is 11.3 Å². The van der Waals surface area contributed by atoms with Crippen LogP contribution in [0, 0.1) is 0 Å². The van der Waals surface area contributed by atoms with Crippen LogP contribution in [0.5, 0.6) is 5.75 Å². The molecule has 3 rings (SSSR count). The van der Waals surface area contributed by atoms with Gasteiger partial charge in [0.1, 0.15) is 5.75 Å². The molecule has 0 radical (unpaired) electrons. The Hall–Kier alpha value is -1.35. The summed E-state index contributed by atoms with van der Waals surface area (Å²) in [7, 11) is 1.65. The molecule has 2 amide bonds. The van der Waals surface area contributed by atoms with Gasteiger partial charge < -0.3 is 24.6 Å². The highest BCUT2D eigenvalue weighted by atomic mass is 79.9. The number of hydrogen-bond acceptors (Lipinski definition) is 5. The zero-order valence-electron chi connectivity index (χ0n) is 19.6. The minimum absolute atomic E-state index is 0. The third kappa shape index (κ3) is 5.58. The lowest BCUT2D eigenvalue weighted by atomic mass is 10.00. The first-order valence-corrected chi connectivity index (χ1v) is 11.8. The summed E-state index contributed by atoms with van der Waals surface area (Å²) in [6.07, 6.45) is 2.73. The number of ether oxygens (including phenoxy) is 2. The van der Waals surface area contributed by atoms with Gasteiger partial charge in [-0.1, -0.05) is 0 Å². The number of halogens is 2. The largest absolute Gasteiger partial charge is 0.476 e. The summed E-state index contributed by atoms with van der Waals surface area (Å²) < 4.78 is 11.9. The van der Waals surface area contributed by atoms with Crippen LogP contribution in [0.15, 0.2) is 16.6 Å². The fourth-order valence-corrected chi connectivity index (χ4v) is 4.87. The summed E-state index contributed by atoms with van der Waals surface area (Å²) in [6, 6.07) is 3.83. The van der Waals surface area contributed by atoms with E-state index < -0.39 is 5.60 Å². The van der Waals surface area contributed by atoms with E-state index in [0.29, 0.717) is 41.0 Å². The first kappa shape index (κ1) is 26.9. The van der Waals surface area contributed by atoms with Crippen LogP contribution in [0.25, 0.3) is 0 Å². The van der Waals surface area contributed by atoms with Crippen LogP contribution < -0.4 is 15.0 Å². The maximum absolute atomic E-state index is 13.7. The van der Waals surface area contributed by atoms with Crippen LogP contribution in [-0.2, 0) is 9.53 Å². The van der Waals surface area contributed by atoms with Crippen LogP contribution in [0.4, 0.5) is 5.69 Å². The molecule has 2 heterocycles. The van der Waals surface area contributed by atoms with E-state index in [4.69, 9.17) is 9.47 Å². The van der Waals surface area contributed by atoms with E-state index in [-0.39, 0.29) is 36.3 Å². The summed E-state index contributed by atoms with van der Waals surface area (Å²) >= 11 is 3.59. The Morgan fingerprint density at radius 2 is 2.12 bits per heavy atom. The topological polar surface area (TPSA) is 71.1 Å². The molecule has 1 saturated heterocycles. The number of anilines is 1. The fraction of sp³-hybridized carbons (Fsp3) is 0.652. The van der Waals surface area contributed by atoms with Gasteiger partial charge in [0, 0.05) is 43.4 Å². The Morgan fingerprint density at radius 3 is 2.72 bits per heavy atom. The van der Waals surface area contributed by atoms with Crippen LogP contribution in [0.3, 0.4) is 0 Å². The van der Waals surface area contributed by atoms with Gasteiger partial charge in [-0.05, 0) is 81.6 Å². The summed E-state index contributed by atoms with van der Waals surface area (Å²) in [5, 5.41) is 3.40. The third-order valence-corrected chi connectivity index (χ3v) is 6.54. The predicted octanol–water partition coefficient (Wildman–Crippen LogP) is 4.01. The highest BCUT2D eigenvalue weighted by Crippen LogP contribution is 2.41. The molecule has 1 fully saturated rings. The Balaban J connectivity index is 0.00000363. The average Bonchev–Trinajstić information content (AvgIpc) is 2.71. The minimum atomic E-state index is -0.969. The van der Waals surface area contributed by atoms with Crippen molar-refractivity contribution in [3.05, 3.63) is 22.2 Å². The van der Waals surface area contributed by atoms with E-state index in [1.54, 1.807) is 31.9 Å². The molecular weight excluding hydrogens is 498 g/mol. The summed E-state index contributed by atoms with van der Waals surface area (Å²) in [4.78, 5) is 30.5. The molecule has 7 nitrogen and oxygen atoms in total. The lowest BCUT2D eigenvalue weighted by Crippen LogP contribution is -2.53. The van der Waals surface area contributed by atoms with Gasteiger partial charge in [0.25, 0.3) is 11.8 Å². The second kappa shape index (κ2) is 11.2. The maximum Gasteiger partial charge on any atom is 0.270 e. The molecular formula is C23H35BrClN3O4. The summed E-state index contributed by atoms with van der Waals surface area (Å²) in [6.45, 7) is 10.5. The van der Waals surface area contributed by atoms with E-state index in [2.05, 4.69) is 21.2 Å². The summed E-state index contributed by atoms with van der Waals surface area (Å²) in [5.74, 6) is 0.447. The van der Waals surface area contributed by atoms with Gasteiger partial charge in [0.15, 0.2) is 5.60 Å². The number of piperidine rings is 1. The SMILES string of the molecule is COCCCN1C(=O)C(C)(C)Oc2cc(Br)c(C(=O)N(C(C)C)[C@@H]3CCCNC3)cc21.Cl. The van der Waals surface area contributed by atoms with Crippen molar-refractivity contribution in [2.24, 2.45) is 0 Å². The molecule has 0 bridgehead atoms. The van der Waals surface area contributed by atoms with Gasteiger partial charge in [-0.2, -0.15) is 0 Å². The van der Waals surface area contributed by atoms with Gasteiger partial charge in [0.2, 0.25) is 0 Å². The van der Waals surface area contributed by atoms with E-state index in [1.807, 2.05) is 24.8 Å². The number of hydrogen-bond donors (Lipinski definition) is 1. The smallest absolute Gasteiger partial charge is 0.270 e. The van der Waals surface area contributed by atoms with Crippen LogP contribution in [0.1, 0.15) is 57.3 Å². The molecule has 9 heteroatoms. The van der Waals surface area contributed by atoms with Gasteiger partial charge >= 0.3 is 0 Å². The number of amides is 2. The normalized spacial score (nSPS) is 19.8. The van der Waals surface area contributed by atoms with E-state index in [0.717, 1.165) is 25.9 Å². The van der Waals surface area contributed by atoms with Crippen molar-refractivity contribution in [2.75, 3.05) is 38.3 Å². The zero-order valence-corrected chi connectivity index (χ0v) is 22.0. The Morgan fingerprint density at radius 1 is 1.41 bits per heavy atom. The molecule has 180 valence electrons. The molecule has 2 aliphatic rings. The predicted molar refractivity (Wildman–Crippen MR) is 132 cm³/mol. The molecule has 0 aliphatic carbocycles. The lowest BCUT2D eigenvalue weighted by Gasteiger charge is -2.40. The highest BCUT2D eigenvalue weighted by Gasteiger charge is 2.41. The Labute approximate surface area is 205 Å². The number of nitrogens with zero attached hydrogens (tertiary/aromatic N) is 2. The molecule has 1 aromatic rings. The molecule has 0 saturated carbocycles. The van der Waals surface area contributed by atoms with Crippen molar-refractivity contribution in [1.29, 1.82) is 0 Å². The first-order valence-electron chi connectivity index (χ1n) is 11.0. The van der Waals surface area contributed by atoms with Crippen molar-refractivity contribution in [3.8, 4) is 5.75 Å². The third-order valence-electron chi connectivity index (χ3n) is 5.88. The second-order valence-electron chi connectivity index (χ2n) is 9.02. The number of benzene rings is 1. The number of fused-ring (bicyclic) bond motifs is 1. The molecule has 32 heavy (non-hydrogen) atoms. The van der Waals surface area contributed by atoms with Crippen molar-refractivity contribution < 1.29 is 19.1 Å². The minimum Gasteiger partial charge on any atom is -0.476 e. The van der Waals surface area contributed by atoms with Crippen molar-refractivity contribution >= 4 is 45.8 Å². The summed E-state index contributed by atoms with van der Waals surface area (Å²) in [5.41, 5.74) is 0.214. The Bertz CT molecular complexity index is 828. The van der Waals surface area contributed by atoms with Crippen molar-refractivity contribution in [1.82, 2.24) is 10.2 Å². The van der Waals surface area contributed by atoms with E-state index >= 15 is 0 Å². The van der Waals surface area contributed by atoms with Crippen molar-refractivity contribution in [2.45, 2.75) is 64.6 Å². The molecule has 0 unspecified atom stereocenters. The molecule has 2 aliphatic heterocycles.